The van der Waals surface area contributed by atoms with Gasteiger partial charge in [0.2, 0.25) is 0 Å². The molecule has 87 heavy (non-hydrogen) atoms. The maximum atomic E-state index is 2.72. The first-order valence-corrected chi connectivity index (χ1v) is 36.6. The molecule has 7 aliphatic heterocycles. The smallest absolute Gasteiger partial charge is 0.135 e. The zero-order valence-corrected chi connectivity index (χ0v) is 66.5. The third-order valence-electron chi connectivity index (χ3n) is 24.7. The van der Waals surface area contributed by atoms with Crippen molar-refractivity contribution in [3.63, 3.8) is 0 Å². The van der Waals surface area contributed by atoms with E-state index in [1.165, 1.54) is 215 Å². The van der Waals surface area contributed by atoms with Crippen molar-refractivity contribution in [1.29, 1.82) is 0 Å². The van der Waals surface area contributed by atoms with Crippen LogP contribution in [0, 0.1) is 11.8 Å². The molecule has 0 aromatic rings. The van der Waals surface area contributed by atoms with Crippen LogP contribution in [-0.4, -0.2) is 340 Å². The van der Waals surface area contributed by atoms with Crippen LogP contribution in [0.25, 0.3) is 0 Å². The Kier molecular flexibility index (Phi) is 33.7. The van der Waals surface area contributed by atoms with Gasteiger partial charge in [0.1, 0.15) is 69.8 Å². The summed E-state index contributed by atoms with van der Waals surface area (Å²) in [6.45, 7) is 88.0. The molecule has 0 bridgehead atoms. The number of likely N-dealkylation sites (N-methyl/N-ethyl adjacent to an activating group) is 12. The van der Waals surface area contributed by atoms with Gasteiger partial charge in [0, 0.05) is 32.6 Å². The highest BCUT2D eigenvalue weighted by Gasteiger charge is 2.49. The standard InChI is InChI=1S/2C13H29N2.2C10H23N2.3C9H21N2/c1-6-8-13-10-15(5,7-2)11-14(13)9-12(3)4;1-6-8-13-10-14(9-12(3)4)11-15(13,5)7-2;1-6-11-9-12(5,7-2)8-10(11,3)4;1-6-11-8-10(3,4)12(5,7-2)9-11;1-6-11(5)7-9(2,3)10(4)8-11;1-6-11(5)8-10(4)7-9(11,2)3;1-6-11(5)7-10(4)8(2)9(11)3/h2*12-13H,6-11H2,1-5H3;2*6-9H2,1-5H3;2*6-8H2,1-5H3;8-9H,6-7H2,1-5H3/q7*+1/t2*13?,15-;2*12-;2*11-;8?,9?,11-/m1010100/s1. The van der Waals surface area contributed by atoms with Gasteiger partial charge in [0.25, 0.3) is 0 Å². The van der Waals surface area contributed by atoms with E-state index < -0.39 is 0 Å². The molecule has 14 heteroatoms. The molecule has 7 fully saturated rings. The zero-order valence-electron chi connectivity index (χ0n) is 66.5. The van der Waals surface area contributed by atoms with E-state index in [9.17, 15) is 0 Å². The van der Waals surface area contributed by atoms with Gasteiger partial charge in [-0.3, -0.25) is 19.6 Å². The van der Waals surface area contributed by atoms with Crippen LogP contribution in [0.3, 0.4) is 0 Å². The fourth-order valence-corrected chi connectivity index (χ4v) is 16.4. The van der Waals surface area contributed by atoms with Crippen LogP contribution >= 0.6 is 0 Å². The van der Waals surface area contributed by atoms with Gasteiger partial charge in [-0.1, -0.05) is 68.2 Å². The largest absolute Gasteiger partial charge is 0.312 e. The quantitative estimate of drug-likeness (QED) is 0.134. The van der Waals surface area contributed by atoms with E-state index in [0.717, 1.165) is 36.0 Å². The minimum absolute atomic E-state index is 0.394. The van der Waals surface area contributed by atoms with Crippen LogP contribution in [0.15, 0.2) is 0 Å². The molecule has 0 spiro atoms. The fourth-order valence-electron chi connectivity index (χ4n) is 16.4. The maximum absolute atomic E-state index is 2.72. The van der Waals surface area contributed by atoms with Crippen LogP contribution in [0.2, 0.25) is 0 Å². The average Bonchev–Trinajstić information content (AvgIpc) is 1.97. The van der Waals surface area contributed by atoms with Gasteiger partial charge in [0.05, 0.1) is 158 Å². The number of rotatable bonds is 17. The number of nitrogens with zero attached hydrogens (tertiary/aromatic N) is 14. The van der Waals surface area contributed by atoms with Gasteiger partial charge < -0.3 is 31.4 Å². The van der Waals surface area contributed by atoms with Crippen molar-refractivity contribution >= 4 is 0 Å². The molecule has 0 saturated carbocycles. The lowest BCUT2D eigenvalue weighted by Gasteiger charge is -2.40. The molecule has 0 aromatic carbocycles. The molecule has 0 aliphatic carbocycles. The highest BCUT2D eigenvalue weighted by molar-refractivity contribution is 4.85. The Bertz CT molecular complexity index is 1910. The molecule has 7 rings (SSSR count). The second kappa shape index (κ2) is 34.7. The maximum Gasteiger partial charge on any atom is 0.135 e. The Morgan fingerprint density at radius 1 is 0.460 bits per heavy atom. The third-order valence-corrected chi connectivity index (χ3v) is 24.7. The second-order valence-corrected chi connectivity index (χ2v) is 35.0. The van der Waals surface area contributed by atoms with Crippen molar-refractivity contribution in [2.24, 2.45) is 11.8 Å². The van der Waals surface area contributed by atoms with E-state index in [4.69, 9.17) is 0 Å². The van der Waals surface area contributed by atoms with Gasteiger partial charge in [-0.25, -0.2) is 14.7 Å². The molecule has 522 valence electrons. The van der Waals surface area contributed by atoms with E-state index in [-0.39, 0.29) is 0 Å². The molecule has 7 aliphatic rings. The summed E-state index contributed by atoms with van der Waals surface area (Å²) < 4.78 is 8.50. The lowest BCUT2D eigenvalue weighted by atomic mass is 10.0. The lowest BCUT2D eigenvalue weighted by Crippen LogP contribution is -2.55. The molecule has 7 saturated heterocycles. The molecule has 0 amide bonds. The van der Waals surface area contributed by atoms with Gasteiger partial charge in [-0.05, 0) is 157 Å². The van der Waals surface area contributed by atoms with Crippen molar-refractivity contribution in [3.05, 3.63) is 0 Å². The topological polar surface area (TPSA) is 22.7 Å². The minimum atomic E-state index is 0.394. The van der Waals surface area contributed by atoms with Crippen LogP contribution in [-0.2, 0) is 0 Å². The molecular formula is C73H167N14+7. The Morgan fingerprint density at radius 3 is 1.24 bits per heavy atom. The SMILES string of the molecule is CCCC1CN(CC(C)C)C[N@+]1(C)CC.CCCC1C[N@@+](C)(CC)CN1CC(C)C.CCN1CC(C)(C)[N@@+](C)(CC)C1.CCN1C[N@+](C)(CC)CC1(C)C.CC[N@@+]1(C)CN(C)C(C)(C)C1.CC[N@@+]1(C)CN(C)C(C)C1C.CC[N@@+]1(C)CN(C)CC1(C)C. The van der Waals surface area contributed by atoms with E-state index >= 15 is 0 Å². The Labute approximate surface area is 548 Å². The van der Waals surface area contributed by atoms with Crippen molar-refractivity contribution in [1.82, 2.24) is 34.3 Å². The van der Waals surface area contributed by atoms with Crippen molar-refractivity contribution in [2.75, 3.05) is 228 Å². The summed E-state index contributed by atoms with van der Waals surface area (Å²) in [7, 11) is 23.3. The Morgan fingerprint density at radius 2 is 0.943 bits per heavy atom. The van der Waals surface area contributed by atoms with Gasteiger partial charge >= 0.3 is 0 Å². The summed E-state index contributed by atoms with van der Waals surface area (Å²) >= 11 is 0. The Hall–Kier alpha value is -0.560. The third kappa shape index (κ3) is 23.7. The summed E-state index contributed by atoms with van der Waals surface area (Å²) in [5, 5.41) is 0. The first-order chi connectivity index (χ1) is 39.7. The molecule has 0 aromatic heterocycles. The highest BCUT2D eigenvalue weighted by Crippen LogP contribution is 2.33. The molecule has 0 radical (unpaired) electrons. The van der Waals surface area contributed by atoms with Gasteiger partial charge in [0.15, 0.2) is 0 Å². The van der Waals surface area contributed by atoms with E-state index in [1.54, 1.807) is 0 Å². The van der Waals surface area contributed by atoms with Crippen molar-refractivity contribution in [3.8, 4) is 0 Å². The monoisotopic (exact) mass is 1240 g/mol. The summed E-state index contributed by atoms with van der Waals surface area (Å²) in [5.41, 5.74) is 1.67. The van der Waals surface area contributed by atoms with Crippen LogP contribution < -0.4 is 0 Å². The van der Waals surface area contributed by atoms with Crippen molar-refractivity contribution < 1.29 is 31.4 Å². The molecule has 4 unspecified atom stereocenters. The Balaban J connectivity index is 0.000000509. The molecule has 7 heterocycles. The fraction of sp³-hybridized carbons (Fsp3) is 1.00. The van der Waals surface area contributed by atoms with Crippen LogP contribution in [0.1, 0.15) is 199 Å². The van der Waals surface area contributed by atoms with Crippen LogP contribution in [0.5, 0.6) is 0 Å². The predicted octanol–water partition coefficient (Wildman–Crippen LogP) is 11.6. The molecule has 14 nitrogen and oxygen atoms in total. The van der Waals surface area contributed by atoms with E-state index in [1.807, 2.05) is 0 Å². The van der Waals surface area contributed by atoms with Gasteiger partial charge in [-0.2, -0.15) is 0 Å². The normalized spacial score (nSPS) is 36.7. The highest BCUT2D eigenvalue weighted by atomic mass is 15.6. The summed E-state index contributed by atoms with van der Waals surface area (Å²) in [6, 6.07) is 3.23. The van der Waals surface area contributed by atoms with E-state index in [2.05, 4.69) is 278 Å². The number of quaternary nitrogens is 7. The molecule has 11 atom stereocenters. The second-order valence-electron chi connectivity index (χ2n) is 35.0. The number of hydrogen-bond donors (Lipinski definition) is 0. The number of hydrogen-bond acceptors (Lipinski definition) is 7. The zero-order chi connectivity index (χ0) is 67.8. The lowest BCUT2D eigenvalue weighted by molar-refractivity contribution is -0.943. The molecular weight excluding hydrogens is 1070 g/mol. The predicted molar refractivity (Wildman–Crippen MR) is 384 cm³/mol. The minimum Gasteiger partial charge on any atom is -0.312 e. The first-order valence-electron chi connectivity index (χ1n) is 36.6. The average molecular weight is 1240 g/mol. The van der Waals surface area contributed by atoms with E-state index in [0.29, 0.717) is 22.2 Å². The summed E-state index contributed by atoms with van der Waals surface area (Å²) in [4.78, 5) is 17.8. The van der Waals surface area contributed by atoms with Crippen molar-refractivity contribution in [2.45, 2.75) is 245 Å². The van der Waals surface area contributed by atoms with Gasteiger partial charge in [-0.15, -0.1) is 0 Å². The first kappa shape index (κ1) is 84.5. The summed E-state index contributed by atoms with van der Waals surface area (Å²) in [6.07, 6.45) is 5.41. The molecule has 0 N–H and O–H groups in total. The van der Waals surface area contributed by atoms with Crippen LogP contribution in [0.4, 0.5) is 0 Å². The summed E-state index contributed by atoms with van der Waals surface area (Å²) in [5.74, 6) is 1.60.